The van der Waals surface area contributed by atoms with E-state index in [-0.39, 0.29) is 23.7 Å². The Morgan fingerprint density at radius 2 is 1.83 bits per heavy atom. The Morgan fingerprint density at radius 3 is 2.46 bits per heavy atom. The van der Waals surface area contributed by atoms with E-state index in [1.54, 1.807) is 6.20 Å². The number of carbonyl (C=O) groups is 2. The number of rotatable bonds is 3. The molecule has 1 saturated heterocycles. The normalized spacial score (nSPS) is 23.6. The number of hydrogen-bond acceptors (Lipinski definition) is 3. The van der Waals surface area contributed by atoms with Gasteiger partial charge in [-0.05, 0) is 46.5 Å². The fourth-order valence-electron chi connectivity index (χ4n) is 3.82. The number of aromatic nitrogens is 2. The van der Waals surface area contributed by atoms with Gasteiger partial charge in [-0.3, -0.25) is 19.2 Å². The summed E-state index contributed by atoms with van der Waals surface area (Å²) in [5.41, 5.74) is 1.70. The summed E-state index contributed by atoms with van der Waals surface area (Å²) in [6, 6.07) is 7.64. The minimum Gasteiger partial charge on any atom is -0.274 e. The zero-order chi connectivity index (χ0) is 16.7. The maximum Gasteiger partial charge on any atom is 0.237 e. The van der Waals surface area contributed by atoms with Crippen LogP contribution in [0.5, 0.6) is 0 Å². The zero-order valence-corrected chi connectivity index (χ0v) is 14.8. The van der Waals surface area contributed by atoms with Crippen molar-refractivity contribution >= 4 is 33.4 Å². The molecular weight excluding hydrogens is 370 g/mol. The molecule has 2 atom stereocenters. The summed E-state index contributed by atoms with van der Waals surface area (Å²) in [6.07, 6.45) is 7.40. The predicted octanol–water partition coefficient (Wildman–Crippen LogP) is 3.37. The molecule has 5 nitrogen and oxygen atoms in total. The summed E-state index contributed by atoms with van der Waals surface area (Å²) in [5, 5.41) is 4.25. The predicted molar refractivity (Wildman–Crippen MR) is 93.4 cm³/mol. The van der Waals surface area contributed by atoms with Crippen LogP contribution in [-0.4, -0.2) is 21.6 Å². The van der Waals surface area contributed by atoms with Gasteiger partial charge < -0.3 is 0 Å². The molecule has 1 aliphatic carbocycles. The van der Waals surface area contributed by atoms with Crippen LogP contribution < -0.4 is 4.90 Å². The Bertz CT molecular complexity index is 777. The Kier molecular flexibility index (Phi) is 4.00. The van der Waals surface area contributed by atoms with Crippen molar-refractivity contribution < 1.29 is 9.59 Å². The number of halogens is 1. The van der Waals surface area contributed by atoms with Crippen molar-refractivity contribution in [1.29, 1.82) is 0 Å². The number of hydrogen-bond donors (Lipinski definition) is 0. The molecule has 124 valence electrons. The third-order valence-corrected chi connectivity index (χ3v) is 5.37. The number of benzene rings is 1. The Hall–Kier alpha value is -1.95. The highest BCUT2D eigenvalue weighted by Gasteiger charge is 2.48. The molecule has 6 heteroatoms. The molecule has 24 heavy (non-hydrogen) atoms. The fraction of sp³-hybridized carbons (Fsp3) is 0.389. The van der Waals surface area contributed by atoms with Crippen LogP contribution in [0, 0.1) is 11.8 Å². The van der Waals surface area contributed by atoms with Crippen LogP contribution >= 0.6 is 15.9 Å². The van der Waals surface area contributed by atoms with Crippen molar-refractivity contribution in [2.45, 2.75) is 32.2 Å². The zero-order valence-electron chi connectivity index (χ0n) is 13.2. The van der Waals surface area contributed by atoms with Crippen LogP contribution in [-0.2, 0) is 16.1 Å². The highest BCUT2D eigenvalue weighted by molar-refractivity contribution is 9.10. The molecule has 1 saturated carbocycles. The first-order valence-corrected chi connectivity index (χ1v) is 9.07. The Labute approximate surface area is 148 Å². The van der Waals surface area contributed by atoms with Crippen LogP contribution in [0.2, 0.25) is 0 Å². The van der Waals surface area contributed by atoms with Gasteiger partial charge in [-0.1, -0.05) is 25.0 Å². The first kappa shape index (κ1) is 15.6. The highest BCUT2D eigenvalue weighted by atomic mass is 79.9. The second-order valence-corrected chi connectivity index (χ2v) is 7.45. The van der Waals surface area contributed by atoms with Gasteiger partial charge in [0.05, 0.1) is 34.7 Å². The number of anilines is 1. The summed E-state index contributed by atoms with van der Waals surface area (Å²) in [7, 11) is 0. The first-order valence-electron chi connectivity index (χ1n) is 8.28. The summed E-state index contributed by atoms with van der Waals surface area (Å²) in [5.74, 6) is -0.277. The van der Waals surface area contributed by atoms with Crippen molar-refractivity contribution in [3.05, 3.63) is 46.7 Å². The van der Waals surface area contributed by atoms with E-state index in [1.807, 2.05) is 35.1 Å². The van der Waals surface area contributed by atoms with Gasteiger partial charge in [0, 0.05) is 6.20 Å². The van der Waals surface area contributed by atoms with Crippen molar-refractivity contribution in [2.75, 3.05) is 4.90 Å². The van der Waals surface area contributed by atoms with Crippen molar-refractivity contribution in [2.24, 2.45) is 11.8 Å². The van der Waals surface area contributed by atoms with Gasteiger partial charge in [-0.2, -0.15) is 5.10 Å². The first-order chi connectivity index (χ1) is 11.6. The van der Waals surface area contributed by atoms with Crippen LogP contribution in [0.15, 0.2) is 41.1 Å². The molecule has 0 radical (unpaired) electrons. The fourth-order valence-corrected chi connectivity index (χ4v) is 4.15. The molecule has 0 bridgehead atoms. The van der Waals surface area contributed by atoms with Crippen LogP contribution in [0.4, 0.5) is 5.69 Å². The molecule has 0 spiro atoms. The van der Waals surface area contributed by atoms with E-state index in [4.69, 9.17) is 0 Å². The average Bonchev–Trinajstić information content (AvgIpc) is 3.10. The minimum atomic E-state index is -0.114. The molecule has 1 aliphatic heterocycles. The van der Waals surface area contributed by atoms with Gasteiger partial charge in [0.15, 0.2) is 0 Å². The second kappa shape index (κ2) is 6.16. The summed E-state index contributed by atoms with van der Waals surface area (Å²) in [6.45, 7) is 0.600. The molecule has 2 heterocycles. The van der Waals surface area contributed by atoms with E-state index >= 15 is 0 Å². The van der Waals surface area contributed by atoms with E-state index in [0.717, 1.165) is 35.7 Å². The van der Waals surface area contributed by atoms with Gasteiger partial charge >= 0.3 is 0 Å². The van der Waals surface area contributed by atoms with Gasteiger partial charge in [0.2, 0.25) is 11.8 Å². The van der Waals surface area contributed by atoms with Gasteiger partial charge in [0.1, 0.15) is 0 Å². The molecule has 1 aromatic heterocycles. The van der Waals surface area contributed by atoms with Gasteiger partial charge in [-0.15, -0.1) is 0 Å². The topological polar surface area (TPSA) is 55.2 Å². The maximum absolute atomic E-state index is 12.7. The lowest BCUT2D eigenvalue weighted by Gasteiger charge is -2.19. The molecule has 0 N–H and O–H groups in total. The number of amides is 2. The lowest BCUT2D eigenvalue weighted by atomic mass is 9.81. The van der Waals surface area contributed by atoms with Crippen molar-refractivity contribution in [1.82, 2.24) is 9.78 Å². The summed E-state index contributed by atoms with van der Waals surface area (Å²) in [4.78, 5) is 26.8. The van der Waals surface area contributed by atoms with E-state index < -0.39 is 0 Å². The second-order valence-electron chi connectivity index (χ2n) is 6.54. The molecule has 0 unspecified atom stereocenters. The molecule has 4 rings (SSSR count). The molecule has 1 aromatic carbocycles. The number of fused-ring (bicyclic) bond motifs is 1. The van der Waals surface area contributed by atoms with Crippen molar-refractivity contribution in [3.63, 3.8) is 0 Å². The largest absolute Gasteiger partial charge is 0.274 e. The maximum atomic E-state index is 12.7. The van der Waals surface area contributed by atoms with Crippen LogP contribution in [0.25, 0.3) is 0 Å². The van der Waals surface area contributed by atoms with Gasteiger partial charge in [0.25, 0.3) is 0 Å². The van der Waals surface area contributed by atoms with Crippen LogP contribution in [0.3, 0.4) is 0 Å². The third kappa shape index (κ3) is 2.69. The average molecular weight is 388 g/mol. The smallest absolute Gasteiger partial charge is 0.237 e. The highest BCUT2D eigenvalue weighted by Crippen LogP contribution is 2.40. The third-order valence-electron chi connectivity index (χ3n) is 4.96. The monoisotopic (exact) mass is 387 g/mol. The molecule has 2 fully saturated rings. The number of imide groups is 1. The molecular formula is C18H18BrN3O2. The van der Waals surface area contributed by atoms with Crippen LogP contribution in [0.1, 0.15) is 31.2 Å². The Balaban J connectivity index is 1.61. The molecule has 2 amide bonds. The Morgan fingerprint density at radius 1 is 1.12 bits per heavy atom. The van der Waals surface area contributed by atoms with E-state index in [0.29, 0.717) is 12.2 Å². The molecule has 2 aliphatic rings. The minimum absolute atomic E-state index is 0.0244. The van der Waals surface area contributed by atoms with E-state index in [1.165, 1.54) is 4.90 Å². The quantitative estimate of drug-likeness (QED) is 0.758. The summed E-state index contributed by atoms with van der Waals surface area (Å²) < 4.78 is 2.74. The number of carbonyl (C=O) groups excluding carboxylic acids is 2. The number of nitrogens with zero attached hydrogens (tertiary/aromatic N) is 3. The SMILES string of the molecule is O=C1[C@H]2CCCC[C@H]2C(=O)N1c1cccc(Cn2cc(Br)cn2)c1. The lowest BCUT2D eigenvalue weighted by Crippen LogP contribution is -2.30. The van der Waals surface area contributed by atoms with Gasteiger partial charge in [-0.25, -0.2) is 0 Å². The van der Waals surface area contributed by atoms with E-state index in [9.17, 15) is 9.59 Å². The summed E-state index contributed by atoms with van der Waals surface area (Å²) >= 11 is 3.38. The lowest BCUT2D eigenvalue weighted by molar-refractivity contribution is -0.122. The molecule has 2 aromatic rings. The standard InChI is InChI=1S/C18H18BrN3O2/c19-13-9-20-21(11-13)10-12-4-3-5-14(8-12)22-17(23)15-6-1-2-7-16(15)18(22)24/h3-5,8-9,11,15-16H,1-2,6-7,10H2/t15-,16+. The van der Waals surface area contributed by atoms with Crippen molar-refractivity contribution in [3.8, 4) is 0 Å². The van der Waals surface area contributed by atoms with E-state index in [2.05, 4.69) is 21.0 Å².